The first-order valence-corrected chi connectivity index (χ1v) is 15.7. The van der Waals surface area contributed by atoms with Gasteiger partial charge in [-0.25, -0.2) is 0 Å². The van der Waals surface area contributed by atoms with Crippen LogP contribution in [0.1, 0.15) is 84.0 Å². The minimum atomic E-state index is -2.02. The molecule has 0 N–H and O–H groups in total. The second-order valence-corrected chi connectivity index (χ2v) is 13.7. The summed E-state index contributed by atoms with van der Waals surface area (Å²) in [6.45, 7) is 2.30. The molecule has 0 aliphatic carbocycles. The average molecular weight is 461 g/mol. The Bertz CT molecular complexity index is 760. The van der Waals surface area contributed by atoms with E-state index in [9.17, 15) is 0 Å². The number of hydrogen-bond acceptors (Lipinski definition) is 0. The number of unbranched alkanes of at least 4 members (excludes halogenated alkanes) is 11. The maximum absolute atomic E-state index is 2.38. The van der Waals surface area contributed by atoms with Gasteiger partial charge in [0, 0.05) is 0 Å². The summed E-state index contributed by atoms with van der Waals surface area (Å²) in [4.78, 5) is 0. The van der Waals surface area contributed by atoms with E-state index < -0.39 is 7.26 Å². The molecule has 0 bridgehead atoms. The van der Waals surface area contributed by atoms with Crippen LogP contribution < -0.4 is 15.9 Å². The quantitative estimate of drug-likeness (QED) is 0.149. The maximum atomic E-state index is 2.38. The summed E-state index contributed by atoms with van der Waals surface area (Å²) < 4.78 is 0. The standard InChI is InChI=1S/C32H45P/c1-2-3-4-5-6-7-8-9-10-11-12-22-29-33(30-23-16-13-17-24-30,31-25-18-14-19-26-31)32-27-20-15-21-28-32/h13-21,23-28,33H,2-12,22,29H2,1H3. The molecular weight excluding hydrogens is 415 g/mol. The van der Waals surface area contributed by atoms with Gasteiger partial charge in [0.1, 0.15) is 0 Å². The third-order valence-electron chi connectivity index (χ3n) is 7.21. The Morgan fingerprint density at radius 1 is 0.394 bits per heavy atom. The summed E-state index contributed by atoms with van der Waals surface area (Å²) in [5, 5.41) is 4.64. The van der Waals surface area contributed by atoms with Crippen molar-refractivity contribution in [1.29, 1.82) is 0 Å². The number of benzene rings is 3. The number of rotatable bonds is 16. The fourth-order valence-electron chi connectivity index (χ4n) is 5.33. The van der Waals surface area contributed by atoms with Crippen LogP contribution in [0.3, 0.4) is 0 Å². The van der Waals surface area contributed by atoms with Crippen LogP contribution in [0.25, 0.3) is 0 Å². The molecule has 0 fully saturated rings. The zero-order chi connectivity index (χ0) is 23.0. The first-order valence-electron chi connectivity index (χ1n) is 13.5. The van der Waals surface area contributed by atoms with Crippen molar-refractivity contribution in [3.8, 4) is 0 Å². The van der Waals surface area contributed by atoms with Crippen LogP contribution in [-0.4, -0.2) is 6.16 Å². The summed E-state index contributed by atoms with van der Waals surface area (Å²) in [7, 11) is -2.02. The fraction of sp³-hybridized carbons (Fsp3) is 0.438. The molecule has 0 aliphatic rings. The van der Waals surface area contributed by atoms with Gasteiger partial charge in [0.2, 0.25) is 0 Å². The van der Waals surface area contributed by atoms with Crippen LogP contribution in [-0.2, 0) is 0 Å². The summed E-state index contributed by atoms with van der Waals surface area (Å²) in [6, 6.07) is 34.1. The Morgan fingerprint density at radius 2 is 0.697 bits per heavy atom. The van der Waals surface area contributed by atoms with Gasteiger partial charge < -0.3 is 0 Å². The van der Waals surface area contributed by atoms with Crippen molar-refractivity contribution < 1.29 is 0 Å². The van der Waals surface area contributed by atoms with Gasteiger partial charge in [-0.15, -0.1) is 0 Å². The molecule has 0 amide bonds. The summed E-state index contributed by atoms with van der Waals surface area (Å²) in [5.74, 6) is 0. The number of hydrogen-bond donors (Lipinski definition) is 0. The summed E-state index contributed by atoms with van der Waals surface area (Å²) in [5.41, 5.74) is 0. The Balaban J connectivity index is 1.59. The minimum absolute atomic E-state index is 1.29. The molecule has 0 aliphatic heterocycles. The molecule has 0 unspecified atom stereocenters. The average Bonchev–Trinajstić information content (AvgIpc) is 2.89. The zero-order valence-corrected chi connectivity index (χ0v) is 21.9. The van der Waals surface area contributed by atoms with E-state index in [2.05, 4.69) is 97.9 Å². The first kappa shape index (κ1) is 25.7. The molecule has 3 aromatic rings. The second-order valence-electron chi connectivity index (χ2n) is 9.64. The summed E-state index contributed by atoms with van der Waals surface area (Å²) >= 11 is 0. The Morgan fingerprint density at radius 3 is 1.03 bits per heavy atom. The van der Waals surface area contributed by atoms with Gasteiger partial charge in [-0.1, -0.05) is 13.3 Å². The topological polar surface area (TPSA) is 0 Å². The van der Waals surface area contributed by atoms with E-state index in [-0.39, 0.29) is 0 Å². The summed E-state index contributed by atoms with van der Waals surface area (Å²) in [6.07, 6.45) is 18.2. The predicted molar refractivity (Wildman–Crippen MR) is 152 cm³/mol. The Hall–Kier alpha value is -1.91. The SMILES string of the molecule is CCCCCCCCCCCCCC[PH](c1ccccc1)(c1ccccc1)c1ccccc1. The van der Waals surface area contributed by atoms with Gasteiger partial charge in [-0.05, 0) is 0 Å². The molecule has 33 heavy (non-hydrogen) atoms. The normalized spacial score (nSPS) is 12.0. The van der Waals surface area contributed by atoms with E-state index in [1.54, 1.807) is 15.9 Å². The van der Waals surface area contributed by atoms with E-state index in [4.69, 9.17) is 0 Å². The molecule has 0 atom stereocenters. The molecule has 0 saturated heterocycles. The van der Waals surface area contributed by atoms with Crippen LogP contribution in [0.4, 0.5) is 0 Å². The van der Waals surface area contributed by atoms with E-state index in [0.29, 0.717) is 0 Å². The van der Waals surface area contributed by atoms with Crippen molar-refractivity contribution >= 4 is 23.2 Å². The fourth-order valence-corrected chi connectivity index (χ4v) is 10.3. The molecule has 0 nitrogen and oxygen atoms in total. The second kappa shape index (κ2) is 15.1. The molecule has 1 heteroatoms. The van der Waals surface area contributed by atoms with Crippen molar-refractivity contribution in [2.24, 2.45) is 0 Å². The monoisotopic (exact) mass is 460 g/mol. The van der Waals surface area contributed by atoms with E-state index in [1.807, 2.05) is 0 Å². The van der Waals surface area contributed by atoms with Crippen molar-refractivity contribution in [3.05, 3.63) is 91.0 Å². The van der Waals surface area contributed by atoms with E-state index in [0.717, 1.165) is 0 Å². The molecule has 0 radical (unpaired) electrons. The molecular formula is C32H45P. The first-order chi connectivity index (χ1) is 16.4. The van der Waals surface area contributed by atoms with Gasteiger partial charge in [0.15, 0.2) is 0 Å². The van der Waals surface area contributed by atoms with Crippen LogP contribution >= 0.6 is 7.26 Å². The van der Waals surface area contributed by atoms with Crippen molar-refractivity contribution in [3.63, 3.8) is 0 Å². The molecule has 178 valence electrons. The molecule has 0 saturated carbocycles. The van der Waals surface area contributed by atoms with Gasteiger partial charge in [0.05, 0.1) is 0 Å². The zero-order valence-electron chi connectivity index (χ0n) is 20.9. The van der Waals surface area contributed by atoms with Crippen LogP contribution in [0.5, 0.6) is 0 Å². The third kappa shape index (κ3) is 7.82. The molecule has 0 spiro atoms. The van der Waals surface area contributed by atoms with Gasteiger partial charge >= 0.3 is 191 Å². The van der Waals surface area contributed by atoms with Crippen LogP contribution in [0, 0.1) is 0 Å². The Kier molecular flexibility index (Phi) is 11.7. The van der Waals surface area contributed by atoms with Gasteiger partial charge in [-0.3, -0.25) is 0 Å². The molecule has 0 aromatic heterocycles. The van der Waals surface area contributed by atoms with Crippen LogP contribution in [0.15, 0.2) is 91.0 Å². The Labute approximate surface area is 204 Å². The predicted octanol–water partition coefficient (Wildman–Crippen LogP) is 8.41. The third-order valence-corrected chi connectivity index (χ3v) is 12.3. The van der Waals surface area contributed by atoms with Crippen molar-refractivity contribution in [2.45, 2.75) is 84.0 Å². The van der Waals surface area contributed by atoms with Crippen molar-refractivity contribution in [1.82, 2.24) is 0 Å². The molecule has 0 heterocycles. The molecule has 3 rings (SSSR count). The van der Waals surface area contributed by atoms with Crippen molar-refractivity contribution in [2.75, 3.05) is 6.16 Å². The molecule has 3 aromatic carbocycles. The van der Waals surface area contributed by atoms with Gasteiger partial charge in [-0.2, -0.15) is 0 Å². The van der Waals surface area contributed by atoms with E-state index >= 15 is 0 Å². The van der Waals surface area contributed by atoms with E-state index in [1.165, 1.54) is 83.2 Å². The van der Waals surface area contributed by atoms with Crippen LogP contribution in [0.2, 0.25) is 0 Å². The van der Waals surface area contributed by atoms with Gasteiger partial charge in [0.25, 0.3) is 0 Å².